The largest absolute Gasteiger partial charge is 0.336 e. The van der Waals surface area contributed by atoms with Crippen molar-refractivity contribution in [3.63, 3.8) is 0 Å². The number of hydrogen-bond acceptors (Lipinski definition) is 4. The minimum absolute atomic E-state index is 0.197. The van der Waals surface area contributed by atoms with E-state index in [9.17, 15) is 4.79 Å². The molecule has 1 amide bonds. The second-order valence-corrected chi connectivity index (χ2v) is 7.90. The van der Waals surface area contributed by atoms with Gasteiger partial charge in [-0.3, -0.25) is 4.79 Å². The van der Waals surface area contributed by atoms with Gasteiger partial charge in [-0.05, 0) is 51.1 Å². The van der Waals surface area contributed by atoms with Crippen molar-refractivity contribution in [3.05, 3.63) is 88.0 Å². The van der Waals surface area contributed by atoms with Crippen LogP contribution in [0.5, 0.6) is 0 Å². The molecule has 0 fully saturated rings. The van der Waals surface area contributed by atoms with Crippen molar-refractivity contribution >= 4 is 17.5 Å². The van der Waals surface area contributed by atoms with Gasteiger partial charge in [0.2, 0.25) is 0 Å². The molecule has 0 aliphatic heterocycles. The molecule has 2 aromatic heterocycles. The van der Waals surface area contributed by atoms with Crippen molar-refractivity contribution in [2.24, 2.45) is 0 Å². The van der Waals surface area contributed by atoms with Crippen molar-refractivity contribution < 1.29 is 4.79 Å². The Morgan fingerprint density at radius 3 is 2.35 bits per heavy atom. The van der Waals surface area contributed by atoms with Crippen LogP contribution >= 0.6 is 11.6 Å². The molecule has 0 aliphatic rings. The number of para-hydroxylation sites is 1. The summed E-state index contributed by atoms with van der Waals surface area (Å²) in [5, 5.41) is 14.1. The second kappa shape index (κ2) is 8.35. The first-order chi connectivity index (χ1) is 14.8. The van der Waals surface area contributed by atoms with Crippen molar-refractivity contribution in [3.8, 4) is 11.4 Å². The van der Waals surface area contributed by atoms with E-state index in [1.807, 2.05) is 61.0 Å². The standard InChI is InChI=1S/C23H23ClN6O/c1-15-21(17(3)29(25-15)19-10-6-5-7-11-19)14-28(4)23(31)22-16(2)26-30(27-22)20-12-8-9-18(24)13-20/h5-13H,14H2,1-4H3. The van der Waals surface area contributed by atoms with Crippen LogP contribution in [0.15, 0.2) is 54.6 Å². The lowest BCUT2D eigenvalue weighted by Crippen LogP contribution is -2.27. The van der Waals surface area contributed by atoms with Gasteiger partial charge in [0.05, 0.1) is 22.8 Å². The summed E-state index contributed by atoms with van der Waals surface area (Å²) < 4.78 is 1.91. The number of aryl methyl sites for hydroxylation is 2. The lowest BCUT2D eigenvalue weighted by molar-refractivity contribution is 0.0777. The first kappa shape index (κ1) is 20.8. The zero-order chi connectivity index (χ0) is 22.1. The van der Waals surface area contributed by atoms with Crippen LogP contribution in [0.1, 0.15) is 33.1 Å². The number of amides is 1. The van der Waals surface area contributed by atoms with E-state index in [1.165, 1.54) is 4.80 Å². The lowest BCUT2D eigenvalue weighted by Gasteiger charge is -2.16. The summed E-state index contributed by atoms with van der Waals surface area (Å²) in [5.74, 6) is -0.197. The predicted molar refractivity (Wildman–Crippen MR) is 120 cm³/mol. The molecule has 0 saturated heterocycles. The van der Waals surface area contributed by atoms with Gasteiger partial charge in [0.1, 0.15) is 0 Å². The second-order valence-electron chi connectivity index (χ2n) is 7.46. The summed E-state index contributed by atoms with van der Waals surface area (Å²) >= 11 is 6.07. The molecule has 0 aliphatic carbocycles. The summed E-state index contributed by atoms with van der Waals surface area (Å²) in [6.45, 7) is 6.17. The number of carbonyl (C=O) groups is 1. The summed E-state index contributed by atoms with van der Waals surface area (Å²) in [7, 11) is 1.76. The van der Waals surface area contributed by atoms with Gasteiger partial charge in [-0.25, -0.2) is 4.68 Å². The van der Waals surface area contributed by atoms with Crippen LogP contribution in [-0.2, 0) is 6.54 Å². The molecular weight excluding hydrogens is 412 g/mol. The van der Waals surface area contributed by atoms with Gasteiger partial charge in [-0.15, -0.1) is 5.10 Å². The van der Waals surface area contributed by atoms with Crippen LogP contribution in [-0.4, -0.2) is 42.6 Å². The molecule has 0 N–H and O–H groups in total. The van der Waals surface area contributed by atoms with E-state index < -0.39 is 0 Å². The Labute approximate surface area is 185 Å². The maximum atomic E-state index is 13.1. The van der Waals surface area contributed by atoms with Gasteiger partial charge in [-0.2, -0.15) is 15.0 Å². The summed E-state index contributed by atoms with van der Waals surface area (Å²) in [4.78, 5) is 16.2. The monoisotopic (exact) mass is 434 g/mol. The van der Waals surface area contributed by atoms with Crippen molar-refractivity contribution in [1.82, 2.24) is 29.7 Å². The average molecular weight is 435 g/mol. The Bertz CT molecular complexity index is 1240. The van der Waals surface area contributed by atoms with Gasteiger partial charge in [-0.1, -0.05) is 35.9 Å². The molecular formula is C23H23ClN6O. The van der Waals surface area contributed by atoms with Gasteiger partial charge < -0.3 is 4.90 Å². The zero-order valence-electron chi connectivity index (χ0n) is 17.9. The van der Waals surface area contributed by atoms with E-state index in [0.29, 0.717) is 28.6 Å². The van der Waals surface area contributed by atoms with Crippen LogP contribution < -0.4 is 0 Å². The number of hydrogen-bond donors (Lipinski definition) is 0. The number of halogens is 1. The number of nitrogens with zero attached hydrogens (tertiary/aromatic N) is 6. The van der Waals surface area contributed by atoms with Crippen molar-refractivity contribution in [1.29, 1.82) is 0 Å². The van der Waals surface area contributed by atoms with Crippen LogP contribution in [0.4, 0.5) is 0 Å². The highest BCUT2D eigenvalue weighted by atomic mass is 35.5. The molecule has 0 atom stereocenters. The molecule has 0 saturated carbocycles. The molecule has 0 radical (unpaired) electrons. The maximum absolute atomic E-state index is 13.1. The normalized spacial score (nSPS) is 11.0. The number of benzene rings is 2. The van der Waals surface area contributed by atoms with E-state index in [1.54, 1.807) is 31.0 Å². The third kappa shape index (κ3) is 4.09. The Hall–Kier alpha value is -3.45. The highest BCUT2D eigenvalue weighted by Gasteiger charge is 2.23. The summed E-state index contributed by atoms with van der Waals surface area (Å²) in [6, 6.07) is 17.1. The van der Waals surface area contributed by atoms with E-state index in [-0.39, 0.29) is 5.91 Å². The molecule has 2 heterocycles. The molecule has 158 valence electrons. The molecule has 7 nitrogen and oxygen atoms in total. The molecule has 4 aromatic rings. The lowest BCUT2D eigenvalue weighted by atomic mass is 10.1. The van der Waals surface area contributed by atoms with Gasteiger partial charge >= 0.3 is 0 Å². The van der Waals surface area contributed by atoms with Crippen molar-refractivity contribution in [2.75, 3.05) is 7.05 Å². The first-order valence-corrected chi connectivity index (χ1v) is 10.3. The predicted octanol–water partition coefficient (Wildman–Crippen LogP) is 4.30. The Morgan fingerprint density at radius 1 is 0.935 bits per heavy atom. The van der Waals surface area contributed by atoms with Gasteiger partial charge in [0, 0.05) is 29.9 Å². The number of carbonyl (C=O) groups excluding carboxylic acids is 1. The summed E-state index contributed by atoms with van der Waals surface area (Å²) in [6.07, 6.45) is 0. The molecule has 2 aromatic carbocycles. The fourth-order valence-corrected chi connectivity index (χ4v) is 3.69. The molecule has 0 bridgehead atoms. The van der Waals surface area contributed by atoms with Crippen molar-refractivity contribution in [2.45, 2.75) is 27.3 Å². The highest BCUT2D eigenvalue weighted by Crippen LogP contribution is 2.20. The van der Waals surface area contributed by atoms with Gasteiger partial charge in [0.15, 0.2) is 5.69 Å². The fraction of sp³-hybridized carbons (Fsp3) is 0.217. The Morgan fingerprint density at radius 2 is 1.65 bits per heavy atom. The minimum atomic E-state index is -0.197. The van der Waals surface area contributed by atoms with Crippen LogP contribution in [0.25, 0.3) is 11.4 Å². The SMILES string of the molecule is Cc1nn(-c2cccc(Cl)c2)nc1C(=O)N(C)Cc1c(C)nn(-c2ccccc2)c1C. The fourth-order valence-electron chi connectivity index (χ4n) is 3.51. The van der Waals surface area contributed by atoms with E-state index >= 15 is 0 Å². The topological polar surface area (TPSA) is 68.8 Å². The smallest absolute Gasteiger partial charge is 0.276 e. The molecule has 0 unspecified atom stereocenters. The van der Waals surface area contributed by atoms with E-state index in [4.69, 9.17) is 11.6 Å². The summed E-state index contributed by atoms with van der Waals surface area (Å²) in [5.41, 5.74) is 5.47. The first-order valence-electron chi connectivity index (χ1n) is 9.91. The molecule has 0 spiro atoms. The number of aromatic nitrogens is 5. The third-order valence-corrected chi connectivity index (χ3v) is 5.44. The molecule has 8 heteroatoms. The zero-order valence-corrected chi connectivity index (χ0v) is 18.6. The average Bonchev–Trinajstić information content (AvgIpc) is 3.28. The van der Waals surface area contributed by atoms with Gasteiger partial charge in [0.25, 0.3) is 5.91 Å². The third-order valence-electron chi connectivity index (χ3n) is 5.21. The quantitative estimate of drug-likeness (QED) is 0.469. The van der Waals surface area contributed by atoms with Crippen LogP contribution in [0, 0.1) is 20.8 Å². The molecule has 4 rings (SSSR count). The van der Waals surface area contributed by atoms with Crippen LogP contribution in [0.2, 0.25) is 5.02 Å². The Balaban J connectivity index is 1.58. The van der Waals surface area contributed by atoms with E-state index in [2.05, 4.69) is 15.3 Å². The van der Waals surface area contributed by atoms with Crippen LogP contribution in [0.3, 0.4) is 0 Å². The maximum Gasteiger partial charge on any atom is 0.276 e. The highest BCUT2D eigenvalue weighted by molar-refractivity contribution is 6.30. The number of rotatable bonds is 5. The van der Waals surface area contributed by atoms with E-state index in [0.717, 1.165) is 22.6 Å². The Kier molecular flexibility index (Phi) is 5.61. The minimum Gasteiger partial charge on any atom is -0.336 e. The molecule has 31 heavy (non-hydrogen) atoms.